The van der Waals surface area contributed by atoms with Gasteiger partial charge in [-0.3, -0.25) is 0 Å². The maximum absolute atomic E-state index is 10.0. The maximum atomic E-state index is 10.0. The van der Waals surface area contributed by atoms with Gasteiger partial charge >= 0.3 is 0 Å². The number of phenols is 2. The summed E-state index contributed by atoms with van der Waals surface area (Å²) in [6.07, 6.45) is 2.92. The molecule has 4 heteroatoms. The highest BCUT2D eigenvalue weighted by Crippen LogP contribution is 2.35. The summed E-state index contributed by atoms with van der Waals surface area (Å²) in [5.41, 5.74) is 8.55. The number of hydrogen-bond donors (Lipinski definition) is 3. The van der Waals surface area contributed by atoms with Gasteiger partial charge in [-0.05, 0) is 55.5 Å². The van der Waals surface area contributed by atoms with Gasteiger partial charge in [-0.2, -0.15) is 0 Å². The van der Waals surface area contributed by atoms with E-state index >= 15 is 0 Å². The van der Waals surface area contributed by atoms with E-state index in [0.29, 0.717) is 5.92 Å². The molecule has 2 aromatic carbocycles. The van der Waals surface area contributed by atoms with Crippen LogP contribution in [0.3, 0.4) is 0 Å². The van der Waals surface area contributed by atoms with Crippen molar-refractivity contribution in [3.05, 3.63) is 59.7 Å². The first-order chi connectivity index (χ1) is 11.6. The number of rotatable bonds is 5. The summed E-state index contributed by atoms with van der Waals surface area (Å²) in [4.78, 5) is 2.42. The second-order valence-corrected chi connectivity index (χ2v) is 6.77. The predicted molar refractivity (Wildman–Crippen MR) is 96.3 cm³/mol. The molecule has 0 aromatic heterocycles. The van der Waals surface area contributed by atoms with Crippen molar-refractivity contribution in [1.82, 2.24) is 4.90 Å². The lowest BCUT2D eigenvalue weighted by atomic mass is 9.88. The first kappa shape index (κ1) is 16.8. The van der Waals surface area contributed by atoms with Crippen LogP contribution < -0.4 is 5.73 Å². The average molecular weight is 326 g/mol. The van der Waals surface area contributed by atoms with Gasteiger partial charge in [0.05, 0.1) is 0 Å². The highest BCUT2D eigenvalue weighted by Gasteiger charge is 2.23. The number of aromatic hydroxyl groups is 2. The summed E-state index contributed by atoms with van der Waals surface area (Å²) in [5, 5.41) is 19.4. The molecular formula is C20H26N2O2. The lowest BCUT2D eigenvalue weighted by Crippen LogP contribution is -2.42. The molecule has 1 atom stereocenters. The molecule has 128 valence electrons. The van der Waals surface area contributed by atoms with Gasteiger partial charge in [-0.25, -0.2) is 0 Å². The Morgan fingerprint density at radius 1 is 1.04 bits per heavy atom. The smallest absolute Gasteiger partial charge is 0.122 e. The van der Waals surface area contributed by atoms with E-state index in [1.165, 1.54) is 11.6 Å². The van der Waals surface area contributed by atoms with Crippen LogP contribution in [0.2, 0.25) is 0 Å². The molecule has 0 amide bonds. The van der Waals surface area contributed by atoms with Gasteiger partial charge in [-0.1, -0.05) is 36.4 Å². The Hall–Kier alpha value is -2.04. The molecule has 4 N–H and O–H groups in total. The molecule has 0 aliphatic carbocycles. The van der Waals surface area contributed by atoms with Gasteiger partial charge in [0, 0.05) is 18.7 Å². The van der Waals surface area contributed by atoms with Crippen LogP contribution >= 0.6 is 0 Å². The number of phenolic OH excluding ortho intramolecular Hbond substituents is 2. The van der Waals surface area contributed by atoms with Crippen molar-refractivity contribution in [1.29, 1.82) is 0 Å². The number of likely N-dealkylation sites (tertiary alicyclic amines) is 1. The zero-order chi connectivity index (χ0) is 16.9. The summed E-state index contributed by atoms with van der Waals surface area (Å²) >= 11 is 0. The maximum Gasteiger partial charge on any atom is 0.122 e. The third-order valence-electron chi connectivity index (χ3n) is 4.87. The minimum absolute atomic E-state index is 0.112. The van der Waals surface area contributed by atoms with Crippen LogP contribution in [0.5, 0.6) is 11.5 Å². The molecule has 4 nitrogen and oxygen atoms in total. The second kappa shape index (κ2) is 7.69. The van der Waals surface area contributed by atoms with Crippen molar-refractivity contribution >= 4 is 0 Å². The molecule has 1 aliphatic heterocycles. The molecule has 1 aliphatic rings. The zero-order valence-electron chi connectivity index (χ0n) is 13.9. The van der Waals surface area contributed by atoms with E-state index in [1.54, 1.807) is 6.07 Å². The molecule has 0 unspecified atom stereocenters. The van der Waals surface area contributed by atoms with Crippen LogP contribution in [0.15, 0.2) is 48.5 Å². The molecule has 1 fully saturated rings. The Morgan fingerprint density at radius 3 is 2.42 bits per heavy atom. The van der Waals surface area contributed by atoms with Gasteiger partial charge < -0.3 is 20.8 Å². The minimum Gasteiger partial charge on any atom is -0.508 e. The molecule has 2 aromatic rings. The van der Waals surface area contributed by atoms with E-state index in [-0.39, 0.29) is 17.5 Å². The van der Waals surface area contributed by atoms with E-state index in [1.807, 2.05) is 12.1 Å². The Kier molecular flexibility index (Phi) is 5.38. The largest absolute Gasteiger partial charge is 0.508 e. The molecule has 1 saturated heterocycles. The SMILES string of the molecule is N[C@H](Cc1ccccc1)CN1CCC(c2ccc(O)cc2O)CC1. The van der Waals surface area contributed by atoms with E-state index in [9.17, 15) is 10.2 Å². The van der Waals surface area contributed by atoms with Crippen molar-refractivity contribution in [3.63, 3.8) is 0 Å². The van der Waals surface area contributed by atoms with Gasteiger partial charge in [0.25, 0.3) is 0 Å². The lowest BCUT2D eigenvalue weighted by molar-refractivity contribution is 0.199. The number of piperidine rings is 1. The van der Waals surface area contributed by atoms with Crippen LogP contribution in [-0.4, -0.2) is 40.8 Å². The summed E-state index contributed by atoms with van der Waals surface area (Å²) in [6.45, 7) is 2.89. The predicted octanol–water partition coefficient (Wildman–Crippen LogP) is 2.85. The van der Waals surface area contributed by atoms with Crippen LogP contribution in [0.4, 0.5) is 0 Å². The summed E-state index contributed by atoms with van der Waals surface area (Å²) in [7, 11) is 0. The quantitative estimate of drug-likeness (QED) is 0.790. The molecular weight excluding hydrogens is 300 g/mol. The molecule has 1 heterocycles. The van der Waals surface area contributed by atoms with Crippen molar-refractivity contribution in [2.75, 3.05) is 19.6 Å². The fourth-order valence-electron chi connectivity index (χ4n) is 3.62. The lowest BCUT2D eigenvalue weighted by Gasteiger charge is -2.34. The Balaban J connectivity index is 1.50. The van der Waals surface area contributed by atoms with E-state index in [0.717, 1.165) is 44.5 Å². The summed E-state index contributed by atoms with van der Waals surface area (Å²) < 4.78 is 0. The number of nitrogens with two attached hydrogens (primary N) is 1. The van der Waals surface area contributed by atoms with Gasteiger partial charge in [0.1, 0.15) is 11.5 Å². The third-order valence-corrected chi connectivity index (χ3v) is 4.87. The highest BCUT2D eigenvalue weighted by molar-refractivity contribution is 5.41. The van der Waals surface area contributed by atoms with Crippen molar-refractivity contribution in [2.45, 2.75) is 31.2 Å². The van der Waals surface area contributed by atoms with Gasteiger partial charge in [0.15, 0.2) is 0 Å². The Morgan fingerprint density at radius 2 is 1.75 bits per heavy atom. The topological polar surface area (TPSA) is 69.7 Å². The highest BCUT2D eigenvalue weighted by atomic mass is 16.3. The molecule has 0 saturated carbocycles. The number of hydrogen-bond acceptors (Lipinski definition) is 4. The van der Waals surface area contributed by atoms with Crippen LogP contribution in [0, 0.1) is 0 Å². The number of nitrogens with zero attached hydrogens (tertiary/aromatic N) is 1. The Bertz CT molecular complexity index is 652. The first-order valence-electron chi connectivity index (χ1n) is 8.65. The third kappa shape index (κ3) is 4.28. The van der Waals surface area contributed by atoms with Crippen molar-refractivity contribution in [2.24, 2.45) is 5.73 Å². The molecule has 0 radical (unpaired) electrons. The zero-order valence-corrected chi connectivity index (χ0v) is 13.9. The molecule has 0 bridgehead atoms. The number of benzene rings is 2. The summed E-state index contributed by atoms with van der Waals surface area (Å²) in [5.74, 6) is 0.669. The summed E-state index contributed by atoms with van der Waals surface area (Å²) in [6, 6.07) is 15.4. The Labute approximate surface area is 143 Å². The minimum atomic E-state index is 0.112. The van der Waals surface area contributed by atoms with E-state index < -0.39 is 0 Å². The molecule has 3 rings (SSSR count). The van der Waals surface area contributed by atoms with E-state index in [2.05, 4.69) is 29.2 Å². The standard InChI is InChI=1S/C20H26N2O2/c21-17(12-15-4-2-1-3-5-15)14-22-10-8-16(9-11-22)19-7-6-18(23)13-20(19)24/h1-7,13,16-17,23-24H,8-12,14,21H2/t17-/m1/s1. The van der Waals surface area contributed by atoms with Crippen LogP contribution in [0.25, 0.3) is 0 Å². The van der Waals surface area contributed by atoms with Crippen LogP contribution in [0.1, 0.15) is 29.9 Å². The van der Waals surface area contributed by atoms with Crippen molar-refractivity contribution < 1.29 is 10.2 Å². The first-order valence-corrected chi connectivity index (χ1v) is 8.65. The normalized spacial score (nSPS) is 17.7. The van der Waals surface area contributed by atoms with Gasteiger partial charge in [-0.15, -0.1) is 0 Å². The fourth-order valence-corrected chi connectivity index (χ4v) is 3.62. The monoisotopic (exact) mass is 326 g/mol. The average Bonchev–Trinajstić information content (AvgIpc) is 2.57. The van der Waals surface area contributed by atoms with E-state index in [4.69, 9.17) is 5.73 Å². The van der Waals surface area contributed by atoms with Gasteiger partial charge in [0.2, 0.25) is 0 Å². The second-order valence-electron chi connectivity index (χ2n) is 6.77. The molecule has 24 heavy (non-hydrogen) atoms. The van der Waals surface area contributed by atoms with Crippen molar-refractivity contribution in [3.8, 4) is 11.5 Å². The fraction of sp³-hybridized carbons (Fsp3) is 0.400. The van der Waals surface area contributed by atoms with Crippen LogP contribution in [-0.2, 0) is 6.42 Å². The molecule has 0 spiro atoms.